The summed E-state index contributed by atoms with van der Waals surface area (Å²) in [4.78, 5) is 23.9. The second-order valence-corrected chi connectivity index (χ2v) is 5.33. The quantitative estimate of drug-likeness (QED) is 0.461. The number of carbonyl (C=O) groups excluding carboxylic acids is 2. The summed E-state index contributed by atoms with van der Waals surface area (Å²) in [5.74, 6) is -0.542. The van der Waals surface area contributed by atoms with E-state index in [0.717, 1.165) is 5.56 Å². The zero-order chi connectivity index (χ0) is 15.4. The van der Waals surface area contributed by atoms with Crippen molar-refractivity contribution in [2.24, 2.45) is 0 Å². The van der Waals surface area contributed by atoms with Gasteiger partial charge in [-0.1, -0.05) is 39.7 Å². The minimum Gasteiger partial charge on any atom is -0.465 e. The lowest BCUT2D eigenvalue weighted by molar-refractivity contribution is 0.0600. The molecule has 0 spiro atoms. The van der Waals surface area contributed by atoms with Crippen LogP contribution in [0.2, 0.25) is 5.02 Å². The van der Waals surface area contributed by atoms with Crippen molar-refractivity contribution >= 4 is 39.3 Å². The Morgan fingerprint density at radius 3 is 2.29 bits per heavy atom. The molecule has 2 aromatic carbocycles. The van der Waals surface area contributed by atoms with E-state index < -0.39 is 5.97 Å². The van der Waals surface area contributed by atoms with E-state index in [2.05, 4.69) is 20.7 Å². The SMILES string of the molecule is COC(=O)c1ccc(C(=O)c2ccc(Cl)cc2CBr)cc1. The van der Waals surface area contributed by atoms with Gasteiger partial charge >= 0.3 is 5.97 Å². The van der Waals surface area contributed by atoms with Gasteiger partial charge < -0.3 is 4.74 Å². The summed E-state index contributed by atoms with van der Waals surface area (Å²) in [7, 11) is 1.32. The van der Waals surface area contributed by atoms with Crippen LogP contribution in [0.15, 0.2) is 42.5 Å². The van der Waals surface area contributed by atoms with E-state index in [0.29, 0.717) is 27.0 Å². The van der Waals surface area contributed by atoms with Crippen LogP contribution >= 0.6 is 27.5 Å². The fourth-order valence-corrected chi connectivity index (χ4v) is 2.58. The maximum atomic E-state index is 12.5. The number of alkyl halides is 1. The molecule has 21 heavy (non-hydrogen) atoms. The van der Waals surface area contributed by atoms with Gasteiger partial charge in [-0.05, 0) is 35.9 Å². The smallest absolute Gasteiger partial charge is 0.337 e. The first-order valence-electron chi connectivity index (χ1n) is 6.14. The van der Waals surface area contributed by atoms with Crippen molar-refractivity contribution in [1.29, 1.82) is 0 Å². The number of methoxy groups -OCH3 is 1. The Bertz CT molecular complexity index is 680. The highest BCUT2D eigenvalue weighted by Crippen LogP contribution is 2.21. The second kappa shape index (κ2) is 6.87. The molecule has 0 aliphatic rings. The Kier molecular flexibility index (Phi) is 5.15. The number of carbonyl (C=O) groups is 2. The number of hydrogen-bond acceptors (Lipinski definition) is 3. The Balaban J connectivity index is 2.34. The third kappa shape index (κ3) is 3.52. The number of rotatable bonds is 4. The molecule has 108 valence electrons. The first kappa shape index (κ1) is 15.7. The zero-order valence-electron chi connectivity index (χ0n) is 11.2. The highest BCUT2D eigenvalue weighted by Gasteiger charge is 2.14. The van der Waals surface area contributed by atoms with E-state index in [1.165, 1.54) is 7.11 Å². The first-order valence-corrected chi connectivity index (χ1v) is 7.64. The average Bonchev–Trinajstić information content (AvgIpc) is 2.53. The van der Waals surface area contributed by atoms with Crippen LogP contribution in [0.1, 0.15) is 31.8 Å². The molecule has 2 aromatic rings. The number of esters is 1. The molecule has 0 unspecified atom stereocenters. The van der Waals surface area contributed by atoms with Crippen LogP contribution in [-0.2, 0) is 10.1 Å². The summed E-state index contributed by atoms with van der Waals surface area (Å²) in [6, 6.07) is 11.5. The fourth-order valence-electron chi connectivity index (χ4n) is 1.93. The number of ketones is 1. The van der Waals surface area contributed by atoms with Crippen LogP contribution < -0.4 is 0 Å². The number of halogens is 2. The van der Waals surface area contributed by atoms with E-state index in [-0.39, 0.29) is 5.78 Å². The molecule has 3 nitrogen and oxygen atoms in total. The monoisotopic (exact) mass is 366 g/mol. The molecular weight excluding hydrogens is 356 g/mol. The van der Waals surface area contributed by atoms with Crippen molar-refractivity contribution in [3.8, 4) is 0 Å². The largest absolute Gasteiger partial charge is 0.465 e. The van der Waals surface area contributed by atoms with Gasteiger partial charge in [-0.25, -0.2) is 4.79 Å². The highest BCUT2D eigenvalue weighted by atomic mass is 79.9. The third-order valence-electron chi connectivity index (χ3n) is 3.02. The summed E-state index contributed by atoms with van der Waals surface area (Å²) < 4.78 is 4.63. The van der Waals surface area contributed by atoms with E-state index >= 15 is 0 Å². The number of benzene rings is 2. The summed E-state index contributed by atoms with van der Waals surface area (Å²) >= 11 is 9.29. The molecule has 0 heterocycles. The molecule has 0 aromatic heterocycles. The van der Waals surface area contributed by atoms with Crippen molar-refractivity contribution in [3.63, 3.8) is 0 Å². The molecule has 0 fully saturated rings. The summed E-state index contributed by atoms with van der Waals surface area (Å²) in [5, 5.41) is 1.12. The van der Waals surface area contributed by atoms with Gasteiger partial charge in [0.15, 0.2) is 5.78 Å². The molecular formula is C16H12BrClO3. The third-order valence-corrected chi connectivity index (χ3v) is 3.86. The van der Waals surface area contributed by atoms with Crippen molar-refractivity contribution < 1.29 is 14.3 Å². The number of ether oxygens (including phenoxy) is 1. The molecule has 0 atom stereocenters. The molecule has 0 aliphatic carbocycles. The Hall–Kier alpha value is -1.65. The molecule has 0 aliphatic heterocycles. The minimum atomic E-state index is -0.429. The van der Waals surface area contributed by atoms with Crippen molar-refractivity contribution in [1.82, 2.24) is 0 Å². The number of hydrogen-bond donors (Lipinski definition) is 0. The minimum absolute atomic E-state index is 0.113. The molecule has 0 radical (unpaired) electrons. The first-order chi connectivity index (χ1) is 10.1. The van der Waals surface area contributed by atoms with Crippen LogP contribution in [0.5, 0.6) is 0 Å². The van der Waals surface area contributed by atoms with Crippen LogP contribution in [-0.4, -0.2) is 18.9 Å². The Morgan fingerprint density at radius 1 is 1.10 bits per heavy atom. The predicted molar refractivity (Wildman–Crippen MR) is 85.3 cm³/mol. The van der Waals surface area contributed by atoms with Gasteiger partial charge in [-0.3, -0.25) is 4.79 Å². The summed E-state index contributed by atoms with van der Waals surface area (Å²) in [6.45, 7) is 0. The molecule has 2 rings (SSSR count). The summed E-state index contributed by atoms with van der Waals surface area (Å²) in [6.07, 6.45) is 0. The molecule has 0 saturated heterocycles. The van der Waals surface area contributed by atoms with Gasteiger partial charge in [-0.15, -0.1) is 0 Å². The van der Waals surface area contributed by atoms with Gasteiger partial charge in [0.25, 0.3) is 0 Å². The van der Waals surface area contributed by atoms with E-state index in [9.17, 15) is 9.59 Å². The van der Waals surface area contributed by atoms with Gasteiger partial charge in [-0.2, -0.15) is 0 Å². The Morgan fingerprint density at radius 2 is 1.71 bits per heavy atom. The summed E-state index contributed by atoms with van der Waals surface area (Å²) in [5.41, 5.74) is 2.32. The molecule has 0 saturated carbocycles. The van der Waals surface area contributed by atoms with E-state index in [1.807, 2.05) is 0 Å². The topological polar surface area (TPSA) is 43.4 Å². The molecule has 5 heteroatoms. The maximum Gasteiger partial charge on any atom is 0.337 e. The van der Waals surface area contributed by atoms with Gasteiger partial charge in [0.05, 0.1) is 12.7 Å². The maximum absolute atomic E-state index is 12.5. The van der Waals surface area contributed by atoms with Gasteiger partial charge in [0.1, 0.15) is 0 Å². The average molecular weight is 368 g/mol. The van der Waals surface area contributed by atoms with Crippen molar-refractivity contribution in [3.05, 3.63) is 69.7 Å². The normalized spacial score (nSPS) is 10.2. The van der Waals surface area contributed by atoms with Crippen LogP contribution in [0.25, 0.3) is 0 Å². The Labute approximate surface area is 136 Å². The zero-order valence-corrected chi connectivity index (χ0v) is 13.6. The lowest BCUT2D eigenvalue weighted by Crippen LogP contribution is -2.06. The van der Waals surface area contributed by atoms with Gasteiger partial charge in [0, 0.05) is 21.5 Å². The van der Waals surface area contributed by atoms with Gasteiger partial charge in [0.2, 0.25) is 0 Å². The van der Waals surface area contributed by atoms with E-state index in [4.69, 9.17) is 11.6 Å². The van der Waals surface area contributed by atoms with Crippen molar-refractivity contribution in [2.75, 3.05) is 7.11 Å². The lowest BCUT2D eigenvalue weighted by atomic mass is 9.98. The van der Waals surface area contributed by atoms with Crippen LogP contribution in [0.3, 0.4) is 0 Å². The molecule has 0 amide bonds. The predicted octanol–water partition coefficient (Wildman–Crippen LogP) is 4.25. The molecule has 0 N–H and O–H groups in total. The standard InChI is InChI=1S/C16H12BrClO3/c1-21-16(20)11-4-2-10(3-5-11)15(19)14-7-6-13(18)8-12(14)9-17/h2-8H,9H2,1H3. The second-order valence-electron chi connectivity index (χ2n) is 4.33. The van der Waals surface area contributed by atoms with E-state index in [1.54, 1.807) is 42.5 Å². The fraction of sp³-hybridized carbons (Fsp3) is 0.125. The molecule has 0 bridgehead atoms. The van der Waals surface area contributed by atoms with Crippen LogP contribution in [0.4, 0.5) is 0 Å². The lowest BCUT2D eigenvalue weighted by Gasteiger charge is -2.07. The van der Waals surface area contributed by atoms with Crippen molar-refractivity contribution in [2.45, 2.75) is 5.33 Å². The highest BCUT2D eigenvalue weighted by molar-refractivity contribution is 9.08. The van der Waals surface area contributed by atoms with Crippen LogP contribution in [0, 0.1) is 0 Å².